The molecule has 26 heavy (non-hydrogen) atoms. The zero-order chi connectivity index (χ0) is 19.0. The molecule has 4 rings (SSSR count). The Morgan fingerprint density at radius 2 is 1.92 bits per heavy atom. The Morgan fingerprint density at radius 3 is 2.58 bits per heavy atom. The summed E-state index contributed by atoms with van der Waals surface area (Å²) in [5.41, 5.74) is -0.0192. The third-order valence-electron chi connectivity index (χ3n) is 8.87. The van der Waals surface area contributed by atoms with E-state index in [4.69, 9.17) is 16.3 Å². The number of carbonyl (C=O) groups is 1. The molecule has 0 amide bonds. The molecule has 2 bridgehead atoms. The number of alkyl halides is 1. The van der Waals surface area contributed by atoms with Gasteiger partial charge >= 0.3 is 5.97 Å². The number of aliphatic hydroxyl groups excluding tert-OH is 1. The number of allylic oxidation sites excluding steroid dienone is 1. The lowest BCUT2D eigenvalue weighted by Gasteiger charge is -2.66. The van der Waals surface area contributed by atoms with Gasteiger partial charge in [0, 0.05) is 23.6 Å². The van der Waals surface area contributed by atoms with Crippen LogP contribution in [0.5, 0.6) is 0 Å². The Bertz CT molecular complexity index is 643. The van der Waals surface area contributed by atoms with Crippen LogP contribution in [0.2, 0.25) is 0 Å². The highest BCUT2D eigenvalue weighted by Gasteiger charge is 2.68. The van der Waals surface area contributed by atoms with Gasteiger partial charge in [0.2, 0.25) is 0 Å². The number of hydrogen-bond acceptors (Lipinski definition) is 3. The van der Waals surface area contributed by atoms with Crippen molar-refractivity contribution >= 4 is 17.6 Å². The van der Waals surface area contributed by atoms with Gasteiger partial charge in [0.05, 0.1) is 6.10 Å². The molecule has 0 aromatic rings. The average molecular weight is 381 g/mol. The van der Waals surface area contributed by atoms with E-state index in [9.17, 15) is 9.90 Å². The Morgan fingerprint density at radius 1 is 1.19 bits per heavy atom. The van der Waals surface area contributed by atoms with Crippen LogP contribution < -0.4 is 0 Å². The third kappa shape index (κ3) is 2.32. The predicted molar refractivity (Wildman–Crippen MR) is 103 cm³/mol. The van der Waals surface area contributed by atoms with Crippen LogP contribution in [0, 0.1) is 33.5 Å². The molecule has 3 fully saturated rings. The number of ether oxygens (including phenoxy) is 1. The first-order valence-corrected chi connectivity index (χ1v) is 10.7. The number of hydrogen-bond donors (Lipinski definition) is 1. The van der Waals surface area contributed by atoms with Crippen molar-refractivity contribution in [3.63, 3.8) is 0 Å². The number of esters is 1. The first-order chi connectivity index (χ1) is 12.1. The van der Waals surface area contributed by atoms with E-state index in [-0.39, 0.29) is 33.7 Å². The van der Waals surface area contributed by atoms with E-state index in [2.05, 4.69) is 32.9 Å². The minimum Gasteiger partial charge on any atom is -0.462 e. The summed E-state index contributed by atoms with van der Waals surface area (Å²) in [5.74, 6) is 1.15. The van der Waals surface area contributed by atoms with Gasteiger partial charge in [0.15, 0.2) is 0 Å². The van der Waals surface area contributed by atoms with E-state index in [1.165, 1.54) is 6.92 Å². The minimum absolute atomic E-state index is 0.0510. The van der Waals surface area contributed by atoms with E-state index < -0.39 is 6.10 Å². The Balaban J connectivity index is 1.79. The van der Waals surface area contributed by atoms with Crippen molar-refractivity contribution in [3.05, 3.63) is 12.2 Å². The summed E-state index contributed by atoms with van der Waals surface area (Å²) in [7, 11) is 0. The summed E-state index contributed by atoms with van der Waals surface area (Å²) in [6.07, 6.45) is 10.2. The van der Waals surface area contributed by atoms with Crippen molar-refractivity contribution in [2.45, 2.75) is 78.4 Å². The molecule has 0 unspecified atom stereocenters. The van der Waals surface area contributed by atoms with Crippen LogP contribution in [0.25, 0.3) is 0 Å². The van der Waals surface area contributed by atoms with Crippen LogP contribution in [-0.4, -0.2) is 29.2 Å². The summed E-state index contributed by atoms with van der Waals surface area (Å²) >= 11 is 6.32. The Hall–Kier alpha value is -0.540. The molecule has 7 atom stereocenters. The molecular formula is C22H33ClO3. The SMILES string of the molecule is CC(=O)O[C@H]1CCC(C)(C)[C@H]2CC[C@]34C=C[C@](CCl)(C3)[C@H](O)C[C@H]4[C@]12C. The molecule has 146 valence electrons. The van der Waals surface area contributed by atoms with Gasteiger partial charge in [-0.3, -0.25) is 4.79 Å². The molecule has 4 aliphatic carbocycles. The molecular weight excluding hydrogens is 348 g/mol. The van der Waals surface area contributed by atoms with Crippen molar-refractivity contribution in [1.82, 2.24) is 0 Å². The number of halogens is 1. The highest BCUT2D eigenvalue weighted by Crippen LogP contribution is 2.72. The third-order valence-corrected chi connectivity index (χ3v) is 9.36. The van der Waals surface area contributed by atoms with Crippen molar-refractivity contribution in [3.8, 4) is 0 Å². The maximum atomic E-state index is 11.9. The summed E-state index contributed by atoms with van der Waals surface area (Å²) in [5, 5.41) is 11.0. The zero-order valence-corrected chi connectivity index (χ0v) is 17.3. The van der Waals surface area contributed by atoms with Gasteiger partial charge < -0.3 is 9.84 Å². The van der Waals surface area contributed by atoms with Gasteiger partial charge in [0.25, 0.3) is 0 Å². The molecule has 3 saturated carbocycles. The van der Waals surface area contributed by atoms with Crippen LogP contribution >= 0.6 is 11.6 Å². The number of aliphatic hydroxyl groups is 1. The van der Waals surface area contributed by atoms with Crippen LogP contribution in [-0.2, 0) is 9.53 Å². The van der Waals surface area contributed by atoms with Crippen LogP contribution in [0.15, 0.2) is 12.2 Å². The maximum absolute atomic E-state index is 11.9. The molecule has 4 heteroatoms. The van der Waals surface area contributed by atoms with Crippen molar-refractivity contribution in [2.75, 3.05) is 5.88 Å². The maximum Gasteiger partial charge on any atom is 0.302 e. The van der Waals surface area contributed by atoms with E-state index in [0.29, 0.717) is 17.7 Å². The first-order valence-electron chi connectivity index (χ1n) is 10.2. The first kappa shape index (κ1) is 18.8. The predicted octanol–water partition coefficient (Wildman–Crippen LogP) is 4.71. The van der Waals surface area contributed by atoms with Crippen molar-refractivity contribution in [1.29, 1.82) is 0 Å². The van der Waals surface area contributed by atoms with Crippen LogP contribution in [0.3, 0.4) is 0 Å². The normalized spacial score (nSPS) is 51.5. The molecule has 1 N–H and O–H groups in total. The summed E-state index contributed by atoms with van der Waals surface area (Å²) in [6.45, 7) is 8.64. The molecule has 3 nitrogen and oxygen atoms in total. The second-order valence-electron chi connectivity index (χ2n) is 10.5. The minimum atomic E-state index is -0.407. The molecule has 0 heterocycles. The second-order valence-corrected chi connectivity index (χ2v) is 10.8. The highest BCUT2D eigenvalue weighted by molar-refractivity contribution is 6.18. The largest absolute Gasteiger partial charge is 0.462 e. The topological polar surface area (TPSA) is 46.5 Å². The fourth-order valence-electron chi connectivity index (χ4n) is 7.65. The van der Waals surface area contributed by atoms with Gasteiger partial charge in [0.1, 0.15) is 6.10 Å². The molecule has 4 aliphatic rings. The van der Waals surface area contributed by atoms with E-state index in [0.717, 1.165) is 38.5 Å². The fourth-order valence-corrected chi connectivity index (χ4v) is 8.01. The Kier molecular flexibility index (Phi) is 4.15. The van der Waals surface area contributed by atoms with Gasteiger partial charge in [-0.1, -0.05) is 32.9 Å². The van der Waals surface area contributed by atoms with Crippen LogP contribution in [0.4, 0.5) is 0 Å². The summed E-state index contributed by atoms with van der Waals surface area (Å²) < 4.78 is 5.93. The molecule has 0 aromatic carbocycles. The van der Waals surface area contributed by atoms with Crippen molar-refractivity contribution in [2.24, 2.45) is 33.5 Å². The number of rotatable bonds is 2. The molecule has 0 radical (unpaired) electrons. The van der Waals surface area contributed by atoms with E-state index in [1.54, 1.807) is 0 Å². The fraction of sp³-hybridized carbons (Fsp3) is 0.864. The molecule has 0 saturated heterocycles. The van der Waals surface area contributed by atoms with Crippen LogP contribution in [0.1, 0.15) is 66.2 Å². The van der Waals surface area contributed by atoms with E-state index >= 15 is 0 Å². The van der Waals surface area contributed by atoms with Gasteiger partial charge in [-0.2, -0.15) is 0 Å². The summed E-state index contributed by atoms with van der Waals surface area (Å²) in [6, 6.07) is 0. The molecule has 0 aliphatic heterocycles. The van der Waals surface area contributed by atoms with Gasteiger partial charge in [-0.25, -0.2) is 0 Å². The van der Waals surface area contributed by atoms with Gasteiger partial charge in [-0.05, 0) is 61.2 Å². The average Bonchev–Trinajstić information content (AvgIpc) is 2.89. The smallest absolute Gasteiger partial charge is 0.302 e. The molecule has 0 aromatic heterocycles. The number of carbonyl (C=O) groups excluding carboxylic acids is 1. The van der Waals surface area contributed by atoms with E-state index in [1.807, 2.05) is 0 Å². The lowest BCUT2D eigenvalue weighted by atomic mass is 9.39. The lowest BCUT2D eigenvalue weighted by molar-refractivity contribution is -0.220. The van der Waals surface area contributed by atoms with Gasteiger partial charge in [-0.15, -0.1) is 11.6 Å². The monoisotopic (exact) mass is 380 g/mol. The Labute approximate surface area is 162 Å². The highest BCUT2D eigenvalue weighted by atomic mass is 35.5. The zero-order valence-electron chi connectivity index (χ0n) is 16.6. The summed E-state index contributed by atoms with van der Waals surface area (Å²) in [4.78, 5) is 11.9. The second kappa shape index (κ2) is 5.73. The standard InChI is InChI=1S/C22H33ClO3/c1-14(24)26-18-6-7-19(2,3)15-5-8-21-9-10-22(12-21,13-23)17(25)11-16(21)20(15,18)4/h9-10,15-18,25H,5-8,11-13H2,1-4H3/t15-,16+,17-,18+,20-,21+,22-/m1/s1. The quantitative estimate of drug-likeness (QED) is 0.429. The number of fused-ring (bicyclic) bond motifs is 3. The van der Waals surface area contributed by atoms with Crippen molar-refractivity contribution < 1.29 is 14.6 Å². The molecule has 1 spiro atoms. The lowest BCUT2D eigenvalue weighted by Crippen LogP contribution is -2.64.